The number of anilines is 2. The monoisotopic (exact) mass is 999 g/mol. The Balaban J connectivity index is 0.000000196. The van der Waals surface area contributed by atoms with Gasteiger partial charge in [0.05, 0.1) is 35.4 Å². The van der Waals surface area contributed by atoms with E-state index in [-0.39, 0.29) is 48.0 Å². The van der Waals surface area contributed by atoms with Crippen LogP contribution in [0.4, 0.5) is 20.2 Å². The molecule has 2 saturated carbocycles. The minimum absolute atomic E-state index is 0.0134. The van der Waals surface area contributed by atoms with Gasteiger partial charge in [0, 0.05) is 68.4 Å². The number of carboxylic acid groups (broad SMARTS) is 1. The zero-order chi connectivity index (χ0) is 51.6. The van der Waals surface area contributed by atoms with E-state index in [2.05, 4.69) is 15.3 Å². The SMILES string of the molecule is C[C@@H]1CN(c2c(F)c(N)c3c(=O)c(C(=O)O)cn(C4CC4)c3c2F)C[C@H](C)N1.NC(=O)c1cnccn1.NCC1OC(OC2C(N)CC(N)C(OC3OC(CO)C(O)C(N)C3O)C2O)C(O)C(O)C1O. The van der Waals surface area contributed by atoms with Crippen LogP contribution < -0.4 is 50.0 Å². The zero-order valence-electron chi connectivity index (χ0n) is 38.1. The summed E-state index contributed by atoms with van der Waals surface area (Å²) in [4.78, 5) is 43.3. The van der Waals surface area contributed by atoms with Crippen LogP contribution in [-0.4, -0.2) is 197 Å². The fourth-order valence-electron chi connectivity index (χ4n) is 8.96. The van der Waals surface area contributed by atoms with E-state index in [0.29, 0.717) is 13.1 Å². The number of aromatic carboxylic acids is 1. The Morgan fingerprint density at radius 2 is 1.44 bits per heavy atom. The van der Waals surface area contributed by atoms with Gasteiger partial charge in [0.2, 0.25) is 5.43 Å². The number of benzene rings is 1. The van der Waals surface area contributed by atoms with Crippen LogP contribution in [0.1, 0.15) is 60.0 Å². The number of amides is 1. The summed E-state index contributed by atoms with van der Waals surface area (Å²) in [7, 11) is 0. The molecular formula is C42H63F2N11O15. The number of nitrogens with one attached hydrogen (secondary N) is 1. The number of nitrogens with zero attached hydrogens (tertiary/aromatic N) is 4. The lowest BCUT2D eigenvalue weighted by Gasteiger charge is -2.48. The van der Waals surface area contributed by atoms with E-state index in [4.69, 9.17) is 53.3 Å². The number of halogens is 2. The Labute approximate surface area is 398 Å². The molecule has 17 atom stereocenters. The molecule has 5 fully saturated rings. The summed E-state index contributed by atoms with van der Waals surface area (Å²) in [5.74, 6) is -3.89. The van der Waals surface area contributed by atoms with Crippen LogP contribution in [0.15, 0.2) is 29.6 Å². The molecule has 8 rings (SSSR count). The zero-order valence-corrected chi connectivity index (χ0v) is 38.1. The van der Waals surface area contributed by atoms with Gasteiger partial charge in [0.15, 0.2) is 24.2 Å². The maximum atomic E-state index is 15.6. The average molecular weight is 1000 g/mol. The number of ether oxygens (including phenoxy) is 4. The summed E-state index contributed by atoms with van der Waals surface area (Å²) in [6.07, 6.45) is -9.64. The van der Waals surface area contributed by atoms with Gasteiger partial charge in [-0.1, -0.05) is 0 Å². The van der Waals surface area contributed by atoms with Gasteiger partial charge in [0.1, 0.15) is 78.0 Å². The molecule has 0 bridgehead atoms. The van der Waals surface area contributed by atoms with E-state index >= 15 is 8.78 Å². The molecule has 70 heavy (non-hydrogen) atoms. The topological polar surface area (TPSA) is 452 Å². The second-order valence-electron chi connectivity index (χ2n) is 18.0. The van der Waals surface area contributed by atoms with Crippen molar-refractivity contribution in [2.75, 3.05) is 36.9 Å². The third-order valence-electron chi connectivity index (χ3n) is 12.7. The first kappa shape index (κ1) is 54.6. The normalized spacial score (nSPS) is 35.5. The number of carbonyl (C=O) groups excluding carboxylic acids is 1. The minimum atomic E-state index is -1.66. The van der Waals surface area contributed by atoms with Gasteiger partial charge in [-0.25, -0.2) is 18.6 Å². The number of hydrogen-bond acceptors (Lipinski definition) is 23. The van der Waals surface area contributed by atoms with Crippen LogP contribution in [0.5, 0.6) is 0 Å². The van der Waals surface area contributed by atoms with E-state index in [1.54, 1.807) is 4.90 Å². The number of carbonyl (C=O) groups is 2. The Morgan fingerprint density at radius 3 is 1.94 bits per heavy atom. The predicted molar refractivity (Wildman–Crippen MR) is 240 cm³/mol. The molecule has 3 aromatic rings. The minimum Gasteiger partial charge on any atom is -0.477 e. The van der Waals surface area contributed by atoms with Gasteiger partial charge < -0.3 is 109 Å². The highest BCUT2D eigenvalue weighted by Crippen LogP contribution is 2.42. The standard InChI is InChI=1S/C19H22F2N4O3.C18H36N4O11.C5H5N3O/c1-8-5-24(6-9(2)23-8)17-13(20)15(22)12-16(14(17)21)25(10-3-4-10)7-11(18(12)26)19(27)28;19-2-6-10(25)12(27)13(28)18(30-6)33-16-5(21)1-4(20)15(14(16)29)32-17-11(26)8(22)9(24)7(3-23)31-17;6-5(9)4-3-7-1-2-8-4/h7-10,23H,3-6,22H2,1-2H3,(H,27,28);4-18,23-29H,1-3,19-22H2;1-3H,(H2,6,9)/t8-,9+;;. The van der Waals surface area contributed by atoms with Crippen molar-refractivity contribution in [2.45, 2.75) is 143 Å². The molecule has 1 amide bonds. The largest absolute Gasteiger partial charge is 0.477 e. The number of rotatable bonds is 10. The molecule has 2 aliphatic carbocycles. The molecule has 2 aromatic heterocycles. The number of nitrogen functional groups attached to an aromatic ring is 1. The van der Waals surface area contributed by atoms with Gasteiger partial charge >= 0.3 is 5.97 Å². The van der Waals surface area contributed by atoms with Crippen LogP contribution in [-0.2, 0) is 18.9 Å². The maximum Gasteiger partial charge on any atom is 0.341 e. The van der Waals surface area contributed by atoms with Gasteiger partial charge in [-0.2, -0.15) is 0 Å². The summed E-state index contributed by atoms with van der Waals surface area (Å²) < 4.78 is 54.4. The van der Waals surface area contributed by atoms with Crippen molar-refractivity contribution in [2.24, 2.45) is 28.7 Å². The number of primary amides is 1. The van der Waals surface area contributed by atoms with Crippen molar-refractivity contribution < 1.29 is 78.2 Å². The number of piperazine rings is 1. The molecule has 5 heterocycles. The van der Waals surface area contributed by atoms with Gasteiger partial charge in [0.25, 0.3) is 5.91 Å². The molecule has 3 saturated heterocycles. The molecule has 1 aromatic carbocycles. The predicted octanol–water partition coefficient (Wildman–Crippen LogP) is -5.63. The smallest absolute Gasteiger partial charge is 0.341 e. The van der Waals surface area contributed by atoms with E-state index < -0.39 is 144 Å². The summed E-state index contributed by atoms with van der Waals surface area (Å²) in [5, 5.41) is 83.1. The molecule has 0 radical (unpaired) electrons. The van der Waals surface area contributed by atoms with Gasteiger partial charge in [-0.15, -0.1) is 0 Å². The molecule has 15 unspecified atom stereocenters. The van der Waals surface area contributed by atoms with Crippen molar-refractivity contribution in [3.05, 3.63) is 57.9 Å². The van der Waals surface area contributed by atoms with E-state index in [1.165, 1.54) is 23.2 Å². The Morgan fingerprint density at radius 1 is 0.857 bits per heavy atom. The summed E-state index contributed by atoms with van der Waals surface area (Å²) in [5.41, 5.74) is 32.1. The third-order valence-corrected chi connectivity index (χ3v) is 12.7. The van der Waals surface area contributed by atoms with E-state index in [1.807, 2.05) is 13.8 Å². The third kappa shape index (κ3) is 11.5. The molecule has 26 nitrogen and oxygen atoms in total. The van der Waals surface area contributed by atoms with Crippen LogP contribution in [0.3, 0.4) is 0 Å². The average Bonchev–Trinajstić information content (AvgIpc) is 4.17. The number of pyridine rings is 1. The number of aliphatic hydroxyl groups excluding tert-OH is 7. The number of carboxylic acids is 1. The summed E-state index contributed by atoms with van der Waals surface area (Å²) >= 11 is 0. The number of fused-ring (bicyclic) bond motifs is 1. The second kappa shape index (κ2) is 22.8. The van der Waals surface area contributed by atoms with E-state index in [9.17, 15) is 55.2 Å². The fraction of sp³-hybridized carbons (Fsp3) is 0.643. The quantitative estimate of drug-likeness (QED) is 0.0842. The molecule has 21 N–H and O–H groups in total. The fourth-order valence-corrected chi connectivity index (χ4v) is 8.96. The summed E-state index contributed by atoms with van der Waals surface area (Å²) in [6, 6.07) is -2.97. The van der Waals surface area contributed by atoms with Crippen molar-refractivity contribution in [3.8, 4) is 0 Å². The first-order valence-electron chi connectivity index (χ1n) is 22.5. The highest BCUT2D eigenvalue weighted by molar-refractivity contribution is 6.00. The van der Waals surface area contributed by atoms with Crippen molar-refractivity contribution in [3.63, 3.8) is 0 Å². The Kier molecular flexibility index (Phi) is 17.8. The summed E-state index contributed by atoms with van der Waals surface area (Å²) in [6.45, 7) is 3.83. The van der Waals surface area contributed by atoms with Crippen LogP contribution in [0.25, 0.3) is 10.9 Å². The molecule has 5 aliphatic rings. The second-order valence-corrected chi connectivity index (χ2v) is 18.0. The lowest BCUT2D eigenvalue weighted by atomic mass is 9.84. The molecule has 0 spiro atoms. The van der Waals surface area contributed by atoms with Gasteiger partial charge in [-0.3, -0.25) is 14.6 Å². The first-order valence-corrected chi connectivity index (χ1v) is 22.5. The lowest BCUT2D eigenvalue weighted by Crippen LogP contribution is -2.68. The van der Waals surface area contributed by atoms with Crippen molar-refractivity contribution in [1.82, 2.24) is 19.9 Å². The Hall–Kier alpha value is -4.73. The number of nitrogens with two attached hydrogens (primary N) is 6. The number of aliphatic hydroxyl groups is 7. The number of aromatic nitrogens is 3. The van der Waals surface area contributed by atoms with Gasteiger partial charge in [-0.05, 0) is 33.1 Å². The highest BCUT2D eigenvalue weighted by atomic mass is 19.1. The lowest BCUT2D eigenvalue weighted by molar-refractivity contribution is -0.332. The highest BCUT2D eigenvalue weighted by Gasteiger charge is 2.51. The van der Waals surface area contributed by atoms with E-state index in [0.717, 1.165) is 19.0 Å². The molecule has 3 aliphatic heterocycles. The first-order chi connectivity index (χ1) is 33.0. The van der Waals surface area contributed by atoms with Crippen LogP contribution in [0.2, 0.25) is 0 Å². The van der Waals surface area contributed by atoms with Crippen molar-refractivity contribution >= 4 is 34.2 Å². The molecule has 390 valence electrons. The maximum absolute atomic E-state index is 15.6. The molecule has 28 heteroatoms. The van der Waals surface area contributed by atoms with Crippen LogP contribution >= 0.6 is 0 Å². The number of hydrogen-bond donors (Lipinski definition) is 15. The Bertz CT molecular complexity index is 2300. The van der Waals surface area contributed by atoms with Crippen molar-refractivity contribution in [1.29, 1.82) is 0 Å². The molecular weight excluding hydrogens is 937 g/mol. The van der Waals surface area contributed by atoms with Crippen LogP contribution in [0, 0.1) is 11.6 Å².